The summed E-state index contributed by atoms with van der Waals surface area (Å²) in [7, 11) is -3.50. The van der Waals surface area contributed by atoms with Crippen LogP contribution in [-0.4, -0.2) is 60.9 Å². The Morgan fingerprint density at radius 1 is 1.38 bits per heavy atom. The Labute approximate surface area is 136 Å². The molecule has 9 heteroatoms. The second kappa shape index (κ2) is 6.33. The second-order valence-electron chi connectivity index (χ2n) is 4.93. The van der Waals surface area contributed by atoms with Crippen LogP contribution in [0.3, 0.4) is 0 Å². The molecule has 0 saturated carbocycles. The van der Waals surface area contributed by atoms with E-state index in [0.717, 1.165) is 8.66 Å². The number of carbonyl (C=O) groups is 1. The van der Waals surface area contributed by atoms with E-state index in [1.165, 1.54) is 15.6 Å². The van der Waals surface area contributed by atoms with Gasteiger partial charge in [0.2, 0.25) is 10.0 Å². The summed E-state index contributed by atoms with van der Waals surface area (Å²) in [5.41, 5.74) is 0. The number of thiophene rings is 1. The van der Waals surface area contributed by atoms with E-state index in [1.807, 2.05) is 0 Å². The van der Waals surface area contributed by atoms with E-state index in [9.17, 15) is 13.2 Å². The normalized spacial score (nSPS) is 19.6. The molecule has 2 rings (SSSR count). The molecule has 0 radical (unpaired) electrons. The Morgan fingerprint density at radius 2 is 1.95 bits per heavy atom. The van der Waals surface area contributed by atoms with Gasteiger partial charge in [-0.3, -0.25) is 9.69 Å². The minimum Gasteiger partial charge on any atom is -0.480 e. The predicted octanol–water partition coefficient (Wildman–Crippen LogP) is 1.60. The Hall–Kier alpha value is -0.480. The third-order valence-electron chi connectivity index (χ3n) is 3.64. The lowest BCUT2D eigenvalue weighted by Crippen LogP contribution is -2.53. The third-order valence-corrected chi connectivity index (χ3v) is 7.35. The van der Waals surface area contributed by atoms with Crippen LogP contribution in [-0.2, 0) is 14.8 Å². The summed E-state index contributed by atoms with van der Waals surface area (Å²) in [6, 6.07) is 1.04. The minimum atomic E-state index is -3.50. The van der Waals surface area contributed by atoms with Crippen LogP contribution in [0.1, 0.15) is 11.8 Å². The fourth-order valence-corrected chi connectivity index (χ4v) is 6.12. The first-order valence-electron chi connectivity index (χ1n) is 6.46. The van der Waals surface area contributed by atoms with Gasteiger partial charge < -0.3 is 5.11 Å². The summed E-state index contributed by atoms with van der Waals surface area (Å²) in [4.78, 5) is 13.8. The molecule has 1 saturated heterocycles. The molecule has 0 spiro atoms. The van der Waals surface area contributed by atoms with Crippen LogP contribution < -0.4 is 0 Å². The first kappa shape index (κ1) is 16.9. The number of rotatable bonds is 4. The molecule has 1 aliphatic heterocycles. The molecule has 1 atom stereocenters. The maximum absolute atomic E-state index is 12.6. The number of hydrogen-bond donors (Lipinski definition) is 1. The highest BCUT2D eigenvalue weighted by atomic mass is 79.9. The zero-order valence-electron chi connectivity index (χ0n) is 11.7. The molecule has 1 N–H and O–H groups in total. The van der Waals surface area contributed by atoms with E-state index in [0.29, 0.717) is 31.1 Å². The standard InChI is InChI=1S/C12H17BrN2O4S2/c1-8(12(16)17)14-3-5-15(6-4-14)21(18,19)10-7-11(13)20-9(10)2/h7-8H,3-6H2,1-2H3,(H,16,17). The minimum absolute atomic E-state index is 0.312. The number of aliphatic carboxylic acids is 1. The van der Waals surface area contributed by atoms with Gasteiger partial charge in [-0.1, -0.05) is 0 Å². The van der Waals surface area contributed by atoms with Crippen molar-refractivity contribution in [3.63, 3.8) is 0 Å². The SMILES string of the molecule is Cc1sc(Br)cc1S(=O)(=O)N1CCN(C(C)C(=O)O)CC1. The number of piperazine rings is 1. The number of sulfonamides is 1. The Balaban J connectivity index is 2.11. The smallest absolute Gasteiger partial charge is 0.320 e. The van der Waals surface area contributed by atoms with Crippen molar-refractivity contribution in [2.75, 3.05) is 26.2 Å². The van der Waals surface area contributed by atoms with Gasteiger partial charge in [0.15, 0.2) is 0 Å². The van der Waals surface area contributed by atoms with E-state index < -0.39 is 22.0 Å². The van der Waals surface area contributed by atoms with Crippen LogP contribution in [0.15, 0.2) is 14.7 Å². The van der Waals surface area contributed by atoms with Gasteiger partial charge in [-0.15, -0.1) is 11.3 Å². The molecule has 0 aliphatic carbocycles. The summed E-state index contributed by atoms with van der Waals surface area (Å²) in [6.07, 6.45) is 0. The molecule has 118 valence electrons. The van der Waals surface area contributed by atoms with Crippen LogP contribution in [0, 0.1) is 6.92 Å². The van der Waals surface area contributed by atoms with Crippen LogP contribution in [0.2, 0.25) is 0 Å². The van der Waals surface area contributed by atoms with E-state index in [-0.39, 0.29) is 0 Å². The lowest BCUT2D eigenvalue weighted by atomic mass is 10.2. The maximum Gasteiger partial charge on any atom is 0.320 e. The van der Waals surface area contributed by atoms with Gasteiger partial charge in [0.1, 0.15) is 6.04 Å². The molecule has 0 aromatic carbocycles. The van der Waals surface area contributed by atoms with Crippen LogP contribution in [0.5, 0.6) is 0 Å². The quantitative estimate of drug-likeness (QED) is 0.835. The second-order valence-corrected chi connectivity index (χ2v) is 9.47. The fourth-order valence-electron chi connectivity index (χ4n) is 2.31. The summed E-state index contributed by atoms with van der Waals surface area (Å²) >= 11 is 4.70. The van der Waals surface area contributed by atoms with Crippen molar-refractivity contribution >= 4 is 43.3 Å². The molecule has 1 aromatic rings. The largest absolute Gasteiger partial charge is 0.480 e. The molecular formula is C12H17BrN2O4S2. The average molecular weight is 397 g/mol. The Morgan fingerprint density at radius 3 is 2.38 bits per heavy atom. The fraction of sp³-hybridized carbons (Fsp3) is 0.583. The number of hydrogen-bond acceptors (Lipinski definition) is 5. The summed E-state index contributed by atoms with van der Waals surface area (Å²) in [5.74, 6) is -0.885. The monoisotopic (exact) mass is 396 g/mol. The topological polar surface area (TPSA) is 77.9 Å². The summed E-state index contributed by atoms with van der Waals surface area (Å²) in [6.45, 7) is 4.88. The number of carboxylic acids is 1. The van der Waals surface area contributed by atoms with E-state index in [1.54, 1.807) is 24.8 Å². The van der Waals surface area contributed by atoms with E-state index in [4.69, 9.17) is 5.11 Å². The van der Waals surface area contributed by atoms with Crippen molar-refractivity contribution in [2.45, 2.75) is 24.8 Å². The van der Waals surface area contributed by atoms with Crippen molar-refractivity contribution in [2.24, 2.45) is 0 Å². The number of halogens is 1. The van der Waals surface area contributed by atoms with Crippen LogP contribution >= 0.6 is 27.3 Å². The zero-order chi connectivity index (χ0) is 15.8. The molecular weight excluding hydrogens is 380 g/mol. The van der Waals surface area contributed by atoms with Gasteiger partial charge in [0.05, 0.1) is 8.68 Å². The predicted molar refractivity (Wildman–Crippen MR) is 84.2 cm³/mol. The molecule has 2 heterocycles. The lowest BCUT2D eigenvalue weighted by molar-refractivity contribution is -0.143. The third kappa shape index (κ3) is 3.48. The van der Waals surface area contributed by atoms with E-state index in [2.05, 4.69) is 15.9 Å². The van der Waals surface area contributed by atoms with Crippen LogP contribution in [0.4, 0.5) is 0 Å². The van der Waals surface area contributed by atoms with Crippen LogP contribution in [0.25, 0.3) is 0 Å². The first-order valence-corrected chi connectivity index (χ1v) is 9.51. The van der Waals surface area contributed by atoms with Crippen molar-refractivity contribution in [3.05, 3.63) is 14.7 Å². The number of carboxylic acid groups (broad SMARTS) is 1. The van der Waals surface area contributed by atoms with Gasteiger partial charge >= 0.3 is 5.97 Å². The molecule has 1 aromatic heterocycles. The van der Waals surface area contributed by atoms with Gasteiger partial charge in [0.25, 0.3) is 0 Å². The highest BCUT2D eigenvalue weighted by Gasteiger charge is 2.33. The number of aryl methyl sites for hydroxylation is 1. The Bertz CT molecular complexity index is 636. The molecule has 0 amide bonds. The molecule has 6 nitrogen and oxygen atoms in total. The maximum atomic E-state index is 12.6. The van der Waals surface area contributed by atoms with Gasteiger partial charge in [-0.25, -0.2) is 8.42 Å². The Kier molecular flexibility index (Phi) is 5.09. The molecule has 0 bridgehead atoms. The van der Waals surface area contributed by atoms with Gasteiger partial charge in [-0.05, 0) is 35.8 Å². The van der Waals surface area contributed by atoms with E-state index >= 15 is 0 Å². The van der Waals surface area contributed by atoms with Gasteiger partial charge in [-0.2, -0.15) is 4.31 Å². The number of nitrogens with zero attached hydrogens (tertiary/aromatic N) is 2. The van der Waals surface area contributed by atoms with Crippen molar-refractivity contribution in [3.8, 4) is 0 Å². The molecule has 1 unspecified atom stereocenters. The van der Waals surface area contributed by atoms with Gasteiger partial charge in [0, 0.05) is 31.1 Å². The van der Waals surface area contributed by atoms with Crippen molar-refractivity contribution < 1.29 is 18.3 Å². The molecule has 1 aliphatic rings. The molecule has 21 heavy (non-hydrogen) atoms. The van der Waals surface area contributed by atoms with Crippen molar-refractivity contribution in [1.29, 1.82) is 0 Å². The average Bonchev–Trinajstić information content (AvgIpc) is 2.77. The highest BCUT2D eigenvalue weighted by molar-refractivity contribution is 9.11. The lowest BCUT2D eigenvalue weighted by Gasteiger charge is -2.35. The van der Waals surface area contributed by atoms with Crippen molar-refractivity contribution in [1.82, 2.24) is 9.21 Å². The first-order chi connectivity index (χ1) is 9.73. The zero-order valence-corrected chi connectivity index (χ0v) is 15.0. The summed E-state index contributed by atoms with van der Waals surface area (Å²) < 4.78 is 27.4. The molecule has 1 fully saturated rings. The summed E-state index contributed by atoms with van der Waals surface area (Å²) in [5, 5.41) is 9.00. The highest BCUT2D eigenvalue weighted by Crippen LogP contribution is 2.31.